The molecule has 0 spiro atoms. The Morgan fingerprint density at radius 2 is 2.18 bits per heavy atom. The van der Waals surface area contributed by atoms with E-state index in [4.69, 9.17) is 0 Å². The van der Waals surface area contributed by atoms with E-state index in [1.165, 1.54) is 12.1 Å². The van der Waals surface area contributed by atoms with Crippen molar-refractivity contribution in [2.24, 2.45) is 0 Å². The molecule has 0 aliphatic carbocycles. The third-order valence-electron chi connectivity index (χ3n) is 4.14. The first kappa shape index (κ1) is 14.7. The highest BCUT2D eigenvalue weighted by atomic mass is 19.1. The molecular formula is C16H19FN4O. The first-order valence-corrected chi connectivity index (χ1v) is 7.44. The zero-order chi connectivity index (χ0) is 15.4. The van der Waals surface area contributed by atoms with Crippen molar-refractivity contribution < 1.29 is 9.18 Å². The van der Waals surface area contributed by atoms with Gasteiger partial charge < -0.3 is 10.6 Å². The van der Waals surface area contributed by atoms with Crippen molar-refractivity contribution in [3.8, 4) is 0 Å². The average molecular weight is 302 g/mol. The van der Waals surface area contributed by atoms with Crippen molar-refractivity contribution in [3.63, 3.8) is 0 Å². The highest BCUT2D eigenvalue weighted by Gasteiger charge is 2.41. The number of carbonyl (C=O) groups is 1. The van der Waals surface area contributed by atoms with Crippen molar-refractivity contribution in [1.82, 2.24) is 20.4 Å². The molecule has 1 fully saturated rings. The van der Waals surface area contributed by atoms with Gasteiger partial charge in [0.2, 0.25) is 5.91 Å². The fraction of sp³-hybridized carbons (Fsp3) is 0.375. The quantitative estimate of drug-likeness (QED) is 0.898. The van der Waals surface area contributed by atoms with E-state index < -0.39 is 5.54 Å². The topological polar surface area (TPSA) is 59.0 Å². The molecule has 6 heteroatoms. The smallest absolute Gasteiger partial charge is 0.248 e. The van der Waals surface area contributed by atoms with Crippen molar-refractivity contribution in [2.75, 3.05) is 13.1 Å². The van der Waals surface area contributed by atoms with Crippen LogP contribution < -0.4 is 10.6 Å². The SMILES string of the molecule is O=C(NCc1cccc(F)c1)C1(n2cccn2)CCNCC1. The summed E-state index contributed by atoms with van der Waals surface area (Å²) in [5, 5.41) is 10.5. The zero-order valence-corrected chi connectivity index (χ0v) is 12.3. The Morgan fingerprint density at radius 3 is 2.86 bits per heavy atom. The van der Waals surface area contributed by atoms with Crippen molar-refractivity contribution in [3.05, 3.63) is 54.1 Å². The lowest BCUT2D eigenvalue weighted by atomic mass is 9.87. The van der Waals surface area contributed by atoms with Gasteiger partial charge in [0.1, 0.15) is 11.4 Å². The number of aromatic nitrogens is 2. The maximum atomic E-state index is 13.2. The second-order valence-electron chi connectivity index (χ2n) is 5.54. The van der Waals surface area contributed by atoms with Crippen LogP contribution in [0.3, 0.4) is 0 Å². The Hall–Kier alpha value is -2.21. The zero-order valence-electron chi connectivity index (χ0n) is 12.3. The van der Waals surface area contributed by atoms with E-state index in [0.717, 1.165) is 18.7 Å². The van der Waals surface area contributed by atoms with Crippen molar-refractivity contribution >= 4 is 5.91 Å². The minimum Gasteiger partial charge on any atom is -0.350 e. The molecule has 0 bridgehead atoms. The standard InChI is InChI=1S/C16H19FN4O/c17-14-4-1-3-13(11-14)12-19-15(22)16(5-8-18-9-6-16)21-10-2-7-20-21/h1-4,7,10-11,18H,5-6,8-9,12H2,(H,19,22). The van der Waals surface area contributed by atoms with E-state index in [0.29, 0.717) is 19.4 Å². The van der Waals surface area contributed by atoms with Crippen LogP contribution in [-0.4, -0.2) is 28.8 Å². The molecule has 1 amide bonds. The fourth-order valence-electron chi connectivity index (χ4n) is 2.92. The van der Waals surface area contributed by atoms with Gasteiger partial charge in [0.15, 0.2) is 0 Å². The van der Waals surface area contributed by atoms with E-state index >= 15 is 0 Å². The van der Waals surface area contributed by atoms with Crippen LogP contribution in [0, 0.1) is 5.82 Å². The Kier molecular flexibility index (Phi) is 4.20. The Bertz CT molecular complexity index is 635. The number of rotatable bonds is 4. The molecule has 22 heavy (non-hydrogen) atoms. The van der Waals surface area contributed by atoms with Gasteiger partial charge in [0.25, 0.3) is 0 Å². The van der Waals surface area contributed by atoms with E-state index in [-0.39, 0.29) is 11.7 Å². The number of nitrogens with one attached hydrogen (secondary N) is 2. The highest BCUT2D eigenvalue weighted by Crippen LogP contribution is 2.27. The van der Waals surface area contributed by atoms with Crippen LogP contribution in [0.1, 0.15) is 18.4 Å². The molecule has 2 heterocycles. The number of piperidine rings is 1. The number of nitrogens with zero attached hydrogens (tertiary/aromatic N) is 2. The summed E-state index contributed by atoms with van der Waals surface area (Å²) < 4.78 is 15.0. The molecule has 2 aromatic rings. The lowest BCUT2D eigenvalue weighted by Gasteiger charge is -2.36. The Balaban J connectivity index is 1.75. The van der Waals surface area contributed by atoms with Gasteiger partial charge in [-0.1, -0.05) is 12.1 Å². The van der Waals surface area contributed by atoms with Crippen LogP contribution in [0.5, 0.6) is 0 Å². The molecule has 1 aliphatic rings. The molecule has 1 aromatic heterocycles. The minimum atomic E-state index is -0.665. The summed E-state index contributed by atoms with van der Waals surface area (Å²) in [5.41, 5.74) is 0.0834. The lowest BCUT2D eigenvalue weighted by Crippen LogP contribution is -2.54. The van der Waals surface area contributed by atoms with Gasteiger partial charge in [-0.2, -0.15) is 5.10 Å². The van der Waals surface area contributed by atoms with Gasteiger partial charge in [0, 0.05) is 18.9 Å². The van der Waals surface area contributed by atoms with Crippen molar-refractivity contribution in [2.45, 2.75) is 24.9 Å². The molecule has 3 rings (SSSR count). The monoisotopic (exact) mass is 302 g/mol. The van der Waals surface area contributed by atoms with Crippen LogP contribution in [-0.2, 0) is 16.9 Å². The van der Waals surface area contributed by atoms with Crippen LogP contribution in [0.15, 0.2) is 42.7 Å². The van der Waals surface area contributed by atoms with Crippen LogP contribution in [0.4, 0.5) is 4.39 Å². The number of benzene rings is 1. The van der Waals surface area contributed by atoms with Gasteiger partial charge in [-0.3, -0.25) is 9.48 Å². The maximum absolute atomic E-state index is 13.2. The van der Waals surface area contributed by atoms with Gasteiger partial charge >= 0.3 is 0 Å². The lowest BCUT2D eigenvalue weighted by molar-refractivity contribution is -0.132. The molecule has 0 radical (unpaired) electrons. The molecule has 0 unspecified atom stereocenters. The number of amides is 1. The summed E-state index contributed by atoms with van der Waals surface area (Å²) in [6.45, 7) is 1.85. The summed E-state index contributed by atoms with van der Waals surface area (Å²) in [5.74, 6) is -0.364. The van der Waals surface area contributed by atoms with Gasteiger partial charge in [-0.25, -0.2) is 4.39 Å². The van der Waals surface area contributed by atoms with Gasteiger partial charge in [-0.15, -0.1) is 0 Å². The molecule has 1 aromatic carbocycles. The van der Waals surface area contributed by atoms with Crippen LogP contribution in [0.2, 0.25) is 0 Å². The molecule has 0 saturated carbocycles. The average Bonchev–Trinajstić information content (AvgIpc) is 3.08. The number of halogens is 1. The summed E-state index contributed by atoms with van der Waals surface area (Å²) in [6.07, 6.45) is 4.88. The Morgan fingerprint density at radius 1 is 1.36 bits per heavy atom. The van der Waals surface area contributed by atoms with E-state index in [2.05, 4.69) is 15.7 Å². The second kappa shape index (κ2) is 6.27. The highest BCUT2D eigenvalue weighted by molar-refractivity contribution is 5.84. The predicted octanol–water partition coefficient (Wildman–Crippen LogP) is 1.42. The summed E-state index contributed by atoms with van der Waals surface area (Å²) in [7, 11) is 0. The van der Waals surface area contributed by atoms with E-state index in [9.17, 15) is 9.18 Å². The first-order chi connectivity index (χ1) is 10.7. The molecule has 1 aliphatic heterocycles. The van der Waals surface area contributed by atoms with Crippen molar-refractivity contribution in [1.29, 1.82) is 0 Å². The molecule has 0 atom stereocenters. The fourth-order valence-corrected chi connectivity index (χ4v) is 2.92. The summed E-state index contributed by atoms with van der Waals surface area (Å²) >= 11 is 0. The van der Waals surface area contributed by atoms with Gasteiger partial charge in [0.05, 0.1) is 0 Å². The largest absolute Gasteiger partial charge is 0.350 e. The molecule has 116 valence electrons. The number of hydrogen-bond donors (Lipinski definition) is 2. The van der Waals surface area contributed by atoms with Crippen LogP contribution >= 0.6 is 0 Å². The number of hydrogen-bond acceptors (Lipinski definition) is 3. The third-order valence-corrected chi connectivity index (χ3v) is 4.14. The Labute approximate surface area is 128 Å². The third kappa shape index (κ3) is 2.87. The summed E-state index contributed by atoms with van der Waals surface area (Å²) in [6, 6.07) is 8.09. The number of carbonyl (C=O) groups excluding carboxylic acids is 1. The van der Waals surface area contributed by atoms with Gasteiger partial charge in [-0.05, 0) is 49.7 Å². The molecule has 5 nitrogen and oxygen atoms in total. The van der Waals surface area contributed by atoms with E-state index in [1.54, 1.807) is 23.0 Å². The second-order valence-corrected chi connectivity index (χ2v) is 5.54. The molecular weight excluding hydrogens is 283 g/mol. The molecule has 2 N–H and O–H groups in total. The predicted molar refractivity (Wildman–Crippen MR) is 80.6 cm³/mol. The van der Waals surface area contributed by atoms with E-state index in [1.807, 2.05) is 12.3 Å². The van der Waals surface area contributed by atoms with Crippen LogP contribution in [0.25, 0.3) is 0 Å². The molecule has 1 saturated heterocycles. The normalized spacial score (nSPS) is 17.1. The first-order valence-electron chi connectivity index (χ1n) is 7.44. The summed E-state index contributed by atoms with van der Waals surface area (Å²) in [4.78, 5) is 12.8. The minimum absolute atomic E-state index is 0.0676. The maximum Gasteiger partial charge on any atom is 0.248 e.